The quantitative estimate of drug-likeness (QED) is 0.925. The Morgan fingerprint density at radius 2 is 2.00 bits per heavy atom. The normalized spacial score (nSPS) is 24.4. The molecule has 2 aliphatic rings. The Kier molecular flexibility index (Phi) is 5.14. The summed E-state index contributed by atoms with van der Waals surface area (Å²) in [6.45, 7) is 0.850. The lowest BCUT2D eigenvalue weighted by atomic mass is 10.0. The Hall–Kier alpha value is -0.650. The molecule has 2 aliphatic heterocycles. The molecule has 1 aromatic carbocycles. The van der Waals surface area contributed by atoms with Crippen LogP contribution in [0.3, 0.4) is 0 Å². The number of hydrogen-bond acceptors (Lipinski definition) is 4. The third kappa shape index (κ3) is 3.58. The van der Waals surface area contributed by atoms with Crippen molar-refractivity contribution in [3.63, 3.8) is 0 Å². The molecule has 0 saturated carbocycles. The number of hydrogen-bond donors (Lipinski definition) is 1. The summed E-state index contributed by atoms with van der Waals surface area (Å²) in [6, 6.07) is 9.94. The maximum atomic E-state index is 12.6. The van der Waals surface area contributed by atoms with Crippen molar-refractivity contribution in [2.75, 3.05) is 18.1 Å². The minimum absolute atomic E-state index is 0.0828. The largest absolute Gasteiger partial charge is 0.388 e. The van der Waals surface area contributed by atoms with Crippen LogP contribution in [0.1, 0.15) is 30.9 Å². The van der Waals surface area contributed by atoms with Gasteiger partial charge < -0.3 is 10.0 Å². The summed E-state index contributed by atoms with van der Waals surface area (Å²) in [5, 5.41) is 10.4. The standard InChI is InChI=1S/C16H21NO2S2/c18-14(12-5-2-1-3-6-12)11-13-7-4-8-17(13)15(19)16-20-9-10-21-16/h1-3,5-6,13-14,16,18H,4,7-11H2/t13-,14+/m1/s1. The van der Waals surface area contributed by atoms with Gasteiger partial charge in [-0.2, -0.15) is 0 Å². The van der Waals surface area contributed by atoms with Gasteiger partial charge in [0.25, 0.3) is 0 Å². The molecule has 5 heteroatoms. The molecule has 0 radical (unpaired) electrons. The fourth-order valence-corrected chi connectivity index (χ4v) is 5.79. The monoisotopic (exact) mass is 323 g/mol. The molecule has 114 valence electrons. The number of aliphatic hydroxyl groups is 1. The van der Waals surface area contributed by atoms with Crippen molar-refractivity contribution < 1.29 is 9.90 Å². The van der Waals surface area contributed by atoms with Crippen molar-refractivity contribution in [3.05, 3.63) is 35.9 Å². The average molecular weight is 323 g/mol. The first-order chi connectivity index (χ1) is 10.3. The molecule has 0 aliphatic carbocycles. The van der Waals surface area contributed by atoms with E-state index in [4.69, 9.17) is 0 Å². The molecule has 1 amide bonds. The predicted octanol–water partition coefficient (Wildman–Crippen LogP) is 2.91. The Bertz CT molecular complexity index is 476. The lowest BCUT2D eigenvalue weighted by Gasteiger charge is -2.28. The maximum absolute atomic E-state index is 12.6. The smallest absolute Gasteiger partial charge is 0.246 e. The van der Waals surface area contributed by atoms with Crippen LogP contribution in [0.5, 0.6) is 0 Å². The summed E-state index contributed by atoms with van der Waals surface area (Å²) in [5.74, 6) is 2.42. The summed E-state index contributed by atoms with van der Waals surface area (Å²) in [6.07, 6.45) is 2.24. The van der Waals surface area contributed by atoms with Crippen molar-refractivity contribution in [3.8, 4) is 0 Å². The van der Waals surface area contributed by atoms with Crippen LogP contribution in [-0.2, 0) is 4.79 Å². The molecule has 0 bridgehead atoms. The highest BCUT2D eigenvalue weighted by molar-refractivity contribution is 8.21. The number of carbonyl (C=O) groups is 1. The van der Waals surface area contributed by atoms with Gasteiger partial charge in [-0.3, -0.25) is 4.79 Å². The van der Waals surface area contributed by atoms with Crippen molar-refractivity contribution in [2.45, 2.75) is 36.0 Å². The van der Waals surface area contributed by atoms with Crippen LogP contribution in [0.15, 0.2) is 30.3 Å². The van der Waals surface area contributed by atoms with Gasteiger partial charge in [-0.15, -0.1) is 23.5 Å². The molecular formula is C16H21NO2S2. The van der Waals surface area contributed by atoms with E-state index >= 15 is 0 Å². The van der Waals surface area contributed by atoms with Crippen molar-refractivity contribution in [1.82, 2.24) is 4.90 Å². The zero-order chi connectivity index (χ0) is 14.7. The summed E-state index contributed by atoms with van der Waals surface area (Å²) >= 11 is 3.53. The van der Waals surface area contributed by atoms with Crippen LogP contribution in [0, 0.1) is 0 Å². The lowest BCUT2D eigenvalue weighted by Crippen LogP contribution is -2.40. The molecule has 0 unspecified atom stereocenters. The van der Waals surface area contributed by atoms with Crippen LogP contribution in [0.2, 0.25) is 0 Å². The van der Waals surface area contributed by atoms with Crippen LogP contribution in [-0.4, -0.2) is 44.6 Å². The lowest BCUT2D eigenvalue weighted by molar-refractivity contribution is -0.130. The van der Waals surface area contributed by atoms with Crippen molar-refractivity contribution in [2.24, 2.45) is 0 Å². The van der Waals surface area contributed by atoms with Crippen molar-refractivity contribution in [1.29, 1.82) is 0 Å². The third-order valence-corrected chi connectivity index (χ3v) is 7.13. The van der Waals surface area contributed by atoms with E-state index in [0.717, 1.165) is 36.5 Å². The van der Waals surface area contributed by atoms with E-state index in [2.05, 4.69) is 0 Å². The van der Waals surface area contributed by atoms with E-state index in [9.17, 15) is 9.90 Å². The number of thioether (sulfide) groups is 2. The fourth-order valence-electron chi connectivity index (χ4n) is 3.08. The Balaban J connectivity index is 1.62. The second-order valence-electron chi connectivity index (χ2n) is 5.56. The van der Waals surface area contributed by atoms with E-state index in [1.54, 1.807) is 23.5 Å². The van der Waals surface area contributed by atoms with Gasteiger partial charge in [-0.25, -0.2) is 0 Å². The SMILES string of the molecule is O=C(C1SCCS1)N1CCC[C@@H]1C[C@H](O)c1ccccc1. The Labute approximate surface area is 134 Å². The zero-order valence-corrected chi connectivity index (χ0v) is 13.6. The van der Waals surface area contributed by atoms with E-state index in [1.807, 2.05) is 35.2 Å². The zero-order valence-electron chi connectivity index (χ0n) is 12.0. The number of nitrogens with zero attached hydrogens (tertiary/aromatic N) is 1. The number of likely N-dealkylation sites (tertiary alicyclic amines) is 1. The Morgan fingerprint density at radius 3 is 2.71 bits per heavy atom. The number of rotatable bonds is 4. The molecule has 1 aromatic rings. The van der Waals surface area contributed by atoms with Gasteiger partial charge in [0.1, 0.15) is 4.58 Å². The van der Waals surface area contributed by atoms with Gasteiger partial charge in [0, 0.05) is 24.1 Å². The highest BCUT2D eigenvalue weighted by Gasteiger charge is 2.36. The maximum Gasteiger partial charge on any atom is 0.246 e. The van der Waals surface area contributed by atoms with Gasteiger partial charge in [0.2, 0.25) is 5.91 Å². The van der Waals surface area contributed by atoms with Crippen LogP contribution in [0.4, 0.5) is 0 Å². The molecule has 2 atom stereocenters. The molecule has 2 fully saturated rings. The number of benzene rings is 1. The first-order valence-corrected chi connectivity index (χ1v) is 9.62. The van der Waals surface area contributed by atoms with E-state index in [-0.39, 0.29) is 16.5 Å². The predicted molar refractivity (Wildman–Crippen MR) is 89.5 cm³/mol. The molecule has 3 rings (SSSR count). The molecule has 0 aromatic heterocycles. The van der Waals surface area contributed by atoms with Crippen molar-refractivity contribution >= 4 is 29.4 Å². The highest BCUT2D eigenvalue weighted by Crippen LogP contribution is 2.36. The highest BCUT2D eigenvalue weighted by atomic mass is 32.2. The van der Waals surface area contributed by atoms with Gasteiger partial charge in [0.15, 0.2) is 0 Å². The van der Waals surface area contributed by atoms with Gasteiger partial charge >= 0.3 is 0 Å². The topological polar surface area (TPSA) is 40.5 Å². The third-order valence-electron chi connectivity index (χ3n) is 4.16. The van der Waals surface area contributed by atoms with E-state index in [1.165, 1.54) is 0 Å². The summed E-state index contributed by atoms with van der Waals surface area (Å²) in [5.41, 5.74) is 0.946. The summed E-state index contributed by atoms with van der Waals surface area (Å²) < 4.78 is 0.0828. The molecule has 1 N–H and O–H groups in total. The minimum atomic E-state index is -0.478. The molecule has 2 saturated heterocycles. The molecular weight excluding hydrogens is 302 g/mol. The average Bonchev–Trinajstić information content (AvgIpc) is 3.19. The van der Waals surface area contributed by atoms with Gasteiger partial charge in [0.05, 0.1) is 6.10 Å². The molecule has 2 heterocycles. The summed E-state index contributed by atoms with van der Waals surface area (Å²) in [4.78, 5) is 14.6. The van der Waals surface area contributed by atoms with Crippen LogP contribution in [0.25, 0.3) is 0 Å². The fraction of sp³-hybridized carbons (Fsp3) is 0.562. The molecule has 0 spiro atoms. The van der Waals surface area contributed by atoms with Crippen LogP contribution < -0.4 is 0 Å². The Morgan fingerprint density at radius 1 is 1.29 bits per heavy atom. The number of carbonyl (C=O) groups excluding carboxylic acids is 1. The minimum Gasteiger partial charge on any atom is -0.388 e. The van der Waals surface area contributed by atoms with E-state index in [0.29, 0.717) is 6.42 Å². The van der Waals surface area contributed by atoms with E-state index < -0.39 is 6.10 Å². The second-order valence-corrected chi connectivity index (χ2v) is 8.29. The van der Waals surface area contributed by atoms with Crippen LogP contribution >= 0.6 is 23.5 Å². The number of aliphatic hydroxyl groups excluding tert-OH is 1. The molecule has 21 heavy (non-hydrogen) atoms. The first kappa shape index (κ1) is 15.3. The van der Waals surface area contributed by atoms with Gasteiger partial charge in [-0.05, 0) is 24.8 Å². The number of amides is 1. The first-order valence-electron chi connectivity index (χ1n) is 7.52. The summed E-state index contributed by atoms with van der Waals surface area (Å²) in [7, 11) is 0. The van der Waals surface area contributed by atoms with Gasteiger partial charge in [-0.1, -0.05) is 30.3 Å². The molecule has 3 nitrogen and oxygen atoms in total. The second kappa shape index (κ2) is 7.07.